The first kappa shape index (κ1) is 19.1. The highest BCUT2D eigenvalue weighted by Crippen LogP contribution is 2.37. The van der Waals surface area contributed by atoms with Gasteiger partial charge in [0.2, 0.25) is 0 Å². The van der Waals surface area contributed by atoms with Crippen LogP contribution in [-0.4, -0.2) is 35.9 Å². The van der Waals surface area contributed by atoms with Gasteiger partial charge in [-0.05, 0) is 40.2 Å². The highest BCUT2D eigenvalue weighted by molar-refractivity contribution is 7.20. The molecule has 1 N–H and O–H groups in total. The molecule has 0 aliphatic carbocycles. The normalized spacial score (nSPS) is 18.3. The summed E-state index contributed by atoms with van der Waals surface area (Å²) in [6.07, 6.45) is 0.193. The topological polar surface area (TPSA) is 69.7 Å². The molecule has 140 valence electrons. The van der Waals surface area contributed by atoms with Gasteiger partial charge < -0.3 is 19.4 Å². The molecule has 0 bridgehead atoms. The quantitative estimate of drug-likeness (QED) is 0.825. The van der Waals surface area contributed by atoms with E-state index in [0.29, 0.717) is 22.2 Å². The summed E-state index contributed by atoms with van der Waals surface area (Å²) in [5, 5.41) is 2.68. The van der Waals surface area contributed by atoms with Crippen molar-refractivity contribution in [3.8, 4) is 5.19 Å². The minimum Gasteiger partial charge on any atom is -0.399 e. The fourth-order valence-corrected chi connectivity index (χ4v) is 3.35. The van der Waals surface area contributed by atoms with Crippen molar-refractivity contribution < 1.29 is 23.2 Å². The lowest BCUT2D eigenvalue weighted by atomic mass is 9.78. The van der Waals surface area contributed by atoms with E-state index in [1.807, 2.05) is 34.6 Å². The van der Waals surface area contributed by atoms with Crippen LogP contribution in [0.1, 0.15) is 41.0 Å². The third-order valence-corrected chi connectivity index (χ3v) is 5.66. The molecular weight excluding hydrogens is 358 g/mol. The SMILES string of the molecule is CCCNC(=O)Oc1nc2ccc(B3OC(C)(C)C(C)(C)O3)c(F)c2s1. The van der Waals surface area contributed by atoms with E-state index in [2.05, 4.69) is 10.3 Å². The molecule has 26 heavy (non-hydrogen) atoms. The number of nitrogens with one attached hydrogen (secondary N) is 1. The van der Waals surface area contributed by atoms with E-state index < -0.39 is 30.2 Å². The van der Waals surface area contributed by atoms with Gasteiger partial charge in [0.05, 0.1) is 21.4 Å². The maximum absolute atomic E-state index is 15.0. The van der Waals surface area contributed by atoms with Gasteiger partial charge in [-0.1, -0.05) is 24.3 Å². The standard InChI is InChI=1S/C17H22BFN2O4S/c1-6-9-20-14(22)23-15-21-11-8-7-10(12(19)13(11)26-15)18-24-16(2,3)17(4,5)25-18/h7-8H,6,9H2,1-5H3,(H,20,22). The summed E-state index contributed by atoms with van der Waals surface area (Å²) < 4.78 is 32.3. The number of ether oxygens (including phenoxy) is 1. The van der Waals surface area contributed by atoms with E-state index >= 15 is 4.39 Å². The first-order valence-corrected chi connectivity index (χ1v) is 9.36. The Morgan fingerprint density at radius 2 is 1.96 bits per heavy atom. The van der Waals surface area contributed by atoms with Crippen LogP contribution >= 0.6 is 11.3 Å². The number of nitrogens with zero attached hydrogens (tertiary/aromatic N) is 1. The van der Waals surface area contributed by atoms with Crippen molar-refractivity contribution in [2.24, 2.45) is 0 Å². The Kier molecular flexibility index (Phi) is 4.98. The monoisotopic (exact) mass is 380 g/mol. The van der Waals surface area contributed by atoms with Crippen molar-refractivity contribution in [2.75, 3.05) is 6.54 Å². The molecule has 1 saturated heterocycles. The van der Waals surface area contributed by atoms with Gasteiger partial charge in [0.15, 0.2) is 0 Å². The zero-order valence-corrected chi connectivity index (χ0v) is 16.3. The largest absolute Gasteiger partial charge is 0.497 e. The molecule has 9 heteroatoms. The minimum atomic E-state index is -0.802. The van der Waals surface area contributed by atoms with Crippen LogP contribution in [0.3, 0.4) is 0 Å². The number of rotatable bonds is 4. The average molecular weight is 380 g/mol. The fourth-order valence-electron chi connectivity index (χ4n) is 2.49. The number of halogens is 1. The molecule has 0 unspecified atom stereocenters. The predicted molar refractivity (Wildman–Crippen MR) is 99.6 cm³/mol. The van der Waals surface area contributed by atoms with E-state index in [4.69, 9.17) is 14.0 Å². The van der Waals surface area contributed by atoms with Crippen LogP contribution in [0.25, 0.3) is 10.2 Å². The highest BCUT2D eigenvalue weighted by Gasteiger charge is 2.52. The van der Waals surface area contributed by atoms with Crippen molar-refractivity contribution in [1.82, 2.24) is 10.3 Å². The lowest BCUT2D eigenvalue weighted by molar-refractivity contribution is 0.00578. The third kappa shape index (κ3) is 3.43. The summed E-state index contributed by atoms with van der Waals surface area (Å²) in [7, 11) is -0.802. The second kappa shape index (κ2) is 6.79. The first-order chi connectivity index (χ1) is 12.1. The molecule has 6 nitrogen and oxygen atoms in total. The van der Waals surface area contributed by atoms with Crippen LogP contribution < -0.4 is 15.5 Å². The van der Waals surface area contributed by atoms with Crippen LogP contribution in [0, 0.1) is 5.82 Å². The van der Waals surface area contributed by atoms with Crippen LogP contribution in [-0.2, 0) is 9.31 Å². The number of carbonyl (C=O) groups excluding carboxylic acids is 1. The van der Waals surface area contributed by atoms with Gasteiger partial charge in [0.1, 0.15) is 5.82 Å². The Morgan fingerprint density at radius 3 is 2.58 bits per heavy atom. The smallest absolute Gasteiger partial charge is 0.399 e. The Bertz CT molecular complexity index is 824. The number of hydrogen-bond donors (Lipinski definition) is 1. The molecule has 0 radical (unpaired) electrons. The molecule has 3 rings (SSSR count). The summed E-state index contributed by atoms with van der Waals surface area (Å²) >= 11 is 0.978. The van der Waals surface area contributed by atoms with Gasteiger partial charge in [0.25, 0.3) is 5.19 Å². The molecule has 2 aromatic rings. The molecule has 1 fully saturated rings. The van der Waals surface area contributed by atoms with Crippen LogP contribution in [0.5, 0.6) is 5.19 Å². The van der Waals surface area contributed by atoms with E-state index in [-0.39, 0.29) is 5.19 Å². The molecule has 1 aromatic carbocycles. The number of thiazole rings is 1. The minimum absolute atomic E-state index is 0.0959. The number of hydrogen-bond acceptors (Lipinski definition) is 6. The molecule has 1 aliphatic rings. The van der Waals surface area contributed by atoms with Crippen molar-refractivity contribution in [3.05, 3.63) is 17.9 Å². The summed E-state index contributed by atoms with van der Waals surface area (Å²) in [4.78, 5) is 15.8. The Labute approximate surface area is 156 Å². The van der Waals surface area contributed by atoms with Gasteiger partial charge in [-0.2, -0.15) is 0 Å². The van der Waals surface area contributed by atoms with Gasteiger partial charge in [-0.3, -0.25) is 0 Å². The molecular formula is C17H22BFN2O4S. The first-order valence-electron chi connectivity index (χ1n) is 8.55. The van der Waals surface area contributed by atoms with Crippen LogP contribution in [0.2, 0.25) is 0 Å². The number of amides is 1. The van der Waals surface area contributed by atoms with Crippen molar-refractivity contribution in [3.63, 3.8) is 0 Å². The molecule has 1 amide bonds. The zero-order chi connectivity index (χ0) is 19.1. The molecule has 0 spiro atoms. The Balaban J connectivity index is 1.86. The fraction of sp³-hybridized carbons (Fsp3) is 0.529. The number of benzene rings is 1. The van der Waals surface area contributed by atoms with E-state index in [0.717, 1.165) is 17.8 Å². The number of aromatic nitrogens is 1. The lowest BCUT2D eigenvalue weighted by Crippen LogP contribution is -2.41. The predicted octanol–water partition coefficient (Wildman–Crippen LogP) is 3.23. The van der Waals surface area contributed by atoms with Gasteiger partial charge in [-0.25, -0.2) is 14.2 Å². The number of carbonyl (C=O) groups is 1. The Morgan fingerprint density at radius 1 is 1.31 bits per heavy atom. The third-order valence-electron chi connectivity index (χ3n) is 4.71. The molecule has 0 atom stereocenters. The average Bonchev–Trinajstić information content (AvgIpc) is 3.04. The van der Waals surface area contributed by atoms with Crippen LogP contribution in [0.4, 0.5) is 9.18 Å². The maximum atomic E-state index is 15.0. The summed E-state index contributed by atoms with van der Waals surface area (Å²) in [6.45, 7) is 10.1. The van der Waals surface area contributed by atoms with Gasteiger partial charge in [0, 0.05) is 12.0 Å². The second-order valence-corrected chi connectivity index (χ2v) is 8.16. The Hall–Kier alpha value is -1.71. The zero-order valence-electron chi connectivity index (χ0n) is 15.5. The molecule has 1 aliphatic heterocycles. The lowest BCUT2D eigenvalue weighted by Gasteiger charge is -2.32. The van der Waals surface area contributed by atoms with Gasteiger partial charge in [-0.15, -0.1) is 0 Å². The maximum Gasteiger partial charge on any atom is 0.497 e. The highest BCUT2D eigenvalue weighted by atomic mass is 32.1. The van der Waals surface area contributed by atoms with Gasteiger partial charge >= 0.3 is 13.2 Å². The summed E-state index contributed by atoms with van der Waals surface area (Å²) in [5.74, 6) is -0.470. The summed E-state index contributed by atoms with van der Waals surface area (Å²) in [5.41, 5.74) is -0.385. The number of fused-ring (bicyclic) bond motifs is 1. The van der Waals surface area contributed by atoms with Crippen LogP contribution in [0.15, 0.2) is 12.1 Å². The van der Waals surface area contributed by atoms with Crippen molar-refractivity contribution >= 4 is 40.2 Å². The molecule has 1 aromatic heterocycles. The molecule has 2 heterocycles. The van der Waals surface area contributed by atoms with E-state index in [1.165, 1.54) is 0 Å². The van der Waals surface area contributed by atoms with E-state index in [9.17, 15) is 4.79 Å². The van der Waals surface area contributed by atoms with Crippen molar-refractivity contribution in [2.45, 2.75) is 52.2 Å². The van der Waals surface area contributed by atoms with Crippen molar-refractivity contribution in [1.29, 1.82) is 0 Å². The molecule has 0 saturated carbocycles. The van der Waals surface area contributed by atoms with E-state index in [1.54, 1.807) is 12.1 Å². The summed E-state index contributed by atoms with van der Waals surface area (Å²) in [6, 6.07) is 3.27. The second-order valence-electron chi connectivity index (χ2n) is 7.20.